The number of hydrogen-bond donors (Lipinski definition) is 1. The van der Waals surface area contributed by atoms with Crippen LogP contribution in [0.2, 0.25) is 0 Å². The van der Waals surface area contributed by atoms with Crippen LogP contribution in [0.3, 0.4) is 0 Å². The van der Waals surface area contributed by atoms with Crippen LogP contribution in [0.1, 0.15) is 28.7 Å². The van der Waals surface area contributed by atoms with E-state index in [-0.39, 0.29) is 34.9 Å². The lowest BCUT2D eigenvalue weighted by atomic mass is 10.00. The first-order valence-electron chi connectivity index (χ1n) is 12.9. The van der Waals surface area contributed by atoms with Gasteiger partial charge in [0.15, 0.2) is 0 Å². The van der Waals surface area contributed by atoms with E-state index in [1.807, 2.05) is 36.9 Å². The molecule has 4 aromatic rings. The highest BCUT2D eigenvalue weighted by Gasteiger charge is 2.34. The molecule has 216 valence electrons. The Bertz CT molecular complexity index is 1650. The van der Waals surface area contributed by atoms with Crippen molar-refractivity contribution >= 4 is 16.0 Å². The molecule has 1 aliphatic heterocycles. The molecule has 5 rings (SSSR count). The molecule has 0 radical (unpaired) electrons. The number of anilines is 1. The normalized spacial score (nSPS) is 16.2. The van der Waals surface area contributed by atoms with Crippen LogP contribution in [0.25, 0.3) is 11.3 Å². The number of benzene rings is 2. The van der Waals surface area contributed by atoms with Gasteiger partial charge in [0.25, 0.3) is 10.0 Å². The maximum atomic E-state index is 13.5. The van der Waals surface area contributed by atoms with Crippen molar-refractivity contribution in [3.8, 4) is 17.1 Å². The van der Waals surface area contributed by atoms with Gasteiger partial charge in [-0.15, -0.1) is 0 Å². The zero-order chi connectivity index (χ0) is 29.4. The zero-order valence-electron chi connectivity index (χ0n) is 22.7. The van der Waals surface area contributed by atoms with Crippen LogP contribution in [0, 0.1) is 13.8 Å². The zero-order valence-corrected chi connectivity index (χ0v) is 23.5. The summed E-state index contributed by atoms with van der Waals surface area (Å²) in [5, 5.41) is 3.92. The van der Waals surface area contributed by atoms with Crippen LogP contribution >= 0.6 is 0 Å². The smallest absolute Gasteiger partial charge is 0.416 e. The monoisotopic (exact) mass is 586 g/mol. The van der Waals surface area contributed by atoms with Gasteiger partial charge in [-0.1, -0.05) is 36.4 Å². The summed E-state index contributed by atoms with van der Waals surface area (Å²) in [6.07, 6.45) is -1.65. The number of halogens is 3. The van der Waals surface area contributed by atoms with E-state index in [1.165, 1.54) is 29.2 Å². The molecule has 2 aromatic carbocycles. The Balaban J connectivity index is 1.40. The fourth-order valence-corrected chi connectivity index (χ4v) is 5.90. The standard InChI is InChI=1S/C28H29F3N6O3S/c1-18-7-6-8-19(2)26(18)24-13-25(34-27(33-24)35-41(38,39)22-14-32-36(3)17-22)40-21-11-12-37(16-21)15-20-9-4-5-10-23(20)28(29,30)31/h4-10,13-14,17,21H,11-12,15-16H2,1-3H3,(H,33,34,35). The van der Waals surface area contributed by atoms with E-state index >= 15 is 0 Å². The Kier molecular flexibility index (Phi) is 7.75. The lowest BCUT2D eigenvalue weighted by Gasteiger charge is -2.20. The molecule has 0 spiro atoms. The van der Waals surface area contributed by atoms with Crippen molar-refractivity contribution in [2.45, 2.75) is 44.0 Å². The molecule has 1 unspecified atom stereocenters. The average molecular weight is 587 g/mol. The van der Waals surface area contributed by atoms with Crippen molar-refractivity contribution in [1.29, 1.82) is 0 Å². The Morgan fingerprint density at radius 3 is 2.49 bits per heavy atom. The number of nitrogens with one attached hydrogen (secondary N) is 1. The molecule has 0 saturated carbocycles. The highest BCUT2D eigenvalue weighted by molar-refractivity contribution is 7.92. The molecule has 9 nitrogen and oxygen atoms in total. The van der Waals surface area contributed by atoms with E-state index < -0.39 is 21.8 Å². The predicted molar refractivity (Wildman–Crippen MR) is 147 cm³/mol. The fraction of sp³-hybridized carbons (Fsp3) is 0.321. The van der Waals surface area contributed by atoms with Gasteiger partial charge in [-0.2, -0.15) is 23.3 Å². The first-order chi connectivity index (χ1) is 19.4. The third-order valence-electron chi connectivity index (χ3n) is 6.89. The first kappa shape index (κ1) is 28.6. The molecule has 0 aliphatic carbocycles. The summed E-state index contributed by atoms with van der Waals surface area (Å²) in [5.74, 6) is -0.0120. The van der Waals surface area contributed by atoms with E-state index in [4.69, 9.17) is 4.74 Å². The van der Waals surface area contributed by atoms with Crippen molar-refractivity contribution in [2.75, 3.05) is 17.8 Å². The first-order valence-corrected chi connectivity index (χ1v) is 14.4. The van der Waals surface area contributed by atoms with Crippen molar-refractivity contribution in [2.24, 2.45) is 7.05 Å². The molecular formula is C28H29F3N6O3S. The SMILES string of the molecule is Cc1cccc(C)c1-c1cc(OC2CCN(Cc3ccccc3C(F)(F)F)C2)nc(NS(=O)(=O)c2cnn(C)c2)n1. The van der Waals surface area contributed by atoms with Crippen molar-refractivity contribution in [3.05, 3.63) is 83.2 Å². The Morgan fingerprint density at radius 1 is 1.07 bits per heavy atom. The molecule has 0 bridgehead atoms. The summed E-state index contributed by atoms with van der Waals surface area (Å²) in [4.78, 5) is 10.7. The molecule has 13 heteroatoms. The topological polar surface area (TPSA) is 102 Å². The molecule has 0 amide bonds. The number of sulfonamides is 1. The van der Waals surface area contributed by atoms with Crippen molar-refractivity contribution in [3.63, 3.8) is 0 Å². The average Bonchev–Trinajstić information content (AvgIpc) is 3.52. The fourth-order valence-electron chi connectivity index (χ4n) is 4.98. The number of ether oxygens (including phenoxy) is 1. The van der Waals surface area contributed by atoms with Crippen LogP contribution in [0.4, 0.5) is 19.1 Å². The number of aromatic nitrogens is 4. The molecule has 41 heavy (non-hydrogen) atoms. The quantitative estimate of drug-likeness (QED) is 0.311. The summed E-state index contributed by atoms with van der Waals surface area (Å²) in [6.45, 7) is 4.90. The van der Waals surface area contributed by atoms with Crippen molar-refractivity contribution in [1.82, 2.24) is 24.6 Å². The second-order valence-corrected chi connectivity index (χ2v) is 11.7. The van der Waals surface area contributed by atoms with E-state index in [0.717, 1.165) is 22.8 Å². The molecule has 3 heterocycles. The highest BCUT2D eigenvalue weighted by atomic mass is 32.2. The minimum Gasteiger partial charge on any atom is -0.473 e. The van der Waals surface area contributed by atoms with Crippen molar-refractivity contribution < 1.29 is 26.3 Å². The predicted octanol–water partition coefficient (Wildman–Crippen LogP) is 4.97. The van der Waals surface area contributed by atoms with Gasteiger partial charge in [0, 0.05) is 44.5 Å². The van der Waals surface area contributed by atoms with Crippen LogP contribution in [0.5, 0.6) is 5.88 Å². The van der Waals surface area contributed by atoms with Gasteiger partial charge in [-0.3, -0.25) is 9.58 Å². The van der Waals surface area contributed by atoms with E-state index in [2.05, 4.69) is 19.8 Å². The molecule has 1 saturated heterocycles. The van der Waals surface area contributed by atoms with E-state index in [9.17, 15) is 21.6 Å². The largest absolute Gasteiger partial charge is 0.473 e. The van der Waals surface area contributed by atoms with Crippen LogP contribution in [-0.2, 0) is 29.8 Å². The number of aryl methyl sites for hydroxylation is 3. The molecule has 1 N–H and O–H groups in total. The second kappa shape index (κ2) is 11.1. The molecule has 1 fully saturated rings. The molecule has 1 aliphatic rings. The summed E-state index contributed by atoms with van der Waals surface area (Å²) >= 11 is 0. The Morgan fingerprint density at radius 2 is 1.80 bits per heavy atom. The van der Waals surface area contributed by atoms with Gasteiger partial charge in [0.1, 0.15) is 11.0 Å². The summed E-state index contributed by atoms with van der Waals surface area (Å²) < 4.78 is 76.4. The van der Waals surface area contributed by atoms with Gasteiger partial charge in [-0.25, -0.2) is 18.1 Å². The summed E-state index contributed by atoms with van der Waals surface area (Å²) in [7, 11) is -2.42. The minimum atomic E-state index is -4.43. The lowest BCUT2D eigenvalue weighted by molar-refractivity contribution is -0.138. The Hall–Kier alpha value is -3.97. The van der Waals surface area contributed by atoms with Gasteiger partial charge in [-0.05, 0) is 43.0 Å². The maximum Gasteiger partial charge on any atom is 0.416 e. The van der Waals surface area contributed by atoms with Gasteiger partial charge >= 0.3 is 6.18 Å². The second-order valence-electron chi connectivity index (χ2n) is 10.1. The number of nitrogens with zero attached hydrogens (tertiary/aromatic N) is 5. The van der Waals surface area contributed by atoms with Gasteiger partial charge in [0.2, 0.25) is 11.8 Å². The van der Waals surface area contributed by atoms with Crippen LogP contribution < -0.4 is 9.46 Å². The molecule has 1 atom stereocenters. The van der Waals surface area contributed by atoms with Crippen LogP contribution in [-0.4, -0.2) is 52.3 Å². The van der Waals surface area contributed by atoms with Gasteiger partial charge < -0.3 is 4.74 Å². The number of likely N-dealkylation sites (tertiary alicyclic amines) is 1. The van der Waals surface area contributed by atoms with E-state index in [1.54, 1.807) is 19.2 Å². The third-order valence-corrected chi connectivity index (χ3v) is 8.17. The maximum absolute atomic E-state index is 13.5. The summed E-state index contributed by atoms with van der Waals surface area (Å²) in [6, 6.07) is 13.0. The number of rotatable bonds is 8. The van der Waals surface area contributed by atoms with Gasteiger partial charge in [0.05, 0.1) is 17.5 Å². The number of alkyl halides is 3. The van der Waals surface area contributed by atoms with E-state index in [0.29, 0.717) is 25.2 Å². The lowest BCUT2D eigenvalue weighted by Crippen LogP contribution is -2.26. The minimum absolute atomic E-state index is 0.0471. The molecular weight excluding hydrogens is 557 g/mol. The molecule has 2 aromatic heterocycles. The third kappa shape index (κ3) is 6.51. The highest BCUT2D eigenvalue weighted by Crippen LogP contribution is 2.34. The summed E-state index contributed by atoms with van der Waals surface area (Å²) in [5.41, 5.74) is 2.72. The van der Waals surface area contributed by atoms with Crippen LogP contribution in [0.15, 0.2) is 65.8 Å². The Labute approximate surface area is 236 Å². The number of hydrogen-bond acceptors (Lipinski definition) is 7.